The Hall–Kier alpha value is -2.86. The number of aryl methyl sites for hydroxylation is 1. The molecule has 0 spiro atoms. The number of rotatable bonds is 7. The molecule has 1 aliphatic heterocycles. The number of nitrogens with one attached hydrogen (secondary N) is 2. The van der Waals surface area contributed by atoms with E-state index in [0.29, 0.717) is 19.7 Å². The van der Waals surface area contributed by atoms with Gasteiger partial charge in [0.05, 0.1) is 19.2 Å². The van der Waals surface area contributed by atoms with Crippen molar-refractivity contribution in [3.63, 3.8) is 0 Å². The summed E-state index contributed by atoms with van der Waals surface area (Å²) in [4.78, 5) is 26.1. The maximum Gasteiger partial charge on any atom is 0.409 e. The highest BCUT2D eigenvalue weighted by Gasteiger charge is 2.24. The van der Waals surface area contributed by atoms with Crippen LogP contribution in [0.5, 0.6) is 0 Å². The monoisotopic (exact) mass is 409 g/mol. The molecule has 2 aromatic carbocycles. The lowest BCUT2D eigenvalue weighted by molar-refractivity contribution is -0.121. The Bertz CT molecular complexity index is 815. The van der Waals surface area contributed by atoms with Gasteiger partial charge in [0.2, 0.25) is 5.91 Å². The molecular formula is C24H31N3O3. The molecule has 2 amide bonds. The van der Waals surface area contributed by atoms with Crippen molar-refractivity contribution in [3.05, 3.63) is 71.3 Å². The van der Waals surface area contributed by atoms with Crippen molar-refractivity contribution >= 4 is 12.0 Å². The molecule has 1 saturated heterocycles. The standard InChI is InChI=1S/C24H31N3O3/c1-3-30-24(29)27-15-13-21(14-16-27)26-22(28)17-25-23(19-7-5-4-6-8-19)20-11-9-18(2)10-12-20/h4-12,21,23,25H,3,13-17H2,1-2H3,(H,26,28). The molecule has 0 radical (unpaired) electrons. The van der Waals surface area contributed by atoms with E-state index in [0.717, 1.165) is 24.0 Å². The van der Waals surface area contributed by atoms with Crippen LogP contribution in [-0.4, -0.2) is 49.2 Å². The summed E-state index contributed by atoms with van der Waals surface area (Å²) >= 11 is 0. The fourth-order valence-electron chi connectivity index (χ4n) is 3.73. The molecule has 3 rings (SSSR count). The Kier molecular flexibility index (Phi) is 7.85. The maximum atomic E-state index is 12.6. The molecule has 0 aliphatic carbocycles. The van der Waals surface area contributed by atoms with E-state index in [1.807, 2.05) is 18.2 Å². The normalized spacial score (nSPS) is 15.5. The van der Waals surface area contributed by atoms with E-state index in [2.05, 4.69) is 54.0 Å². The molecule has 1 unspecified atom stereocenters. The zero-order valence-electron chi connectivity index (χ0n) is 17.8. The largest absolute Gasteiger partial charge is 0.450 e. The summed E-state index contributed by atoms with van der Waals surface area (Å²) in [6.07, 6.45) is 1.21. The van der Waals surface area contributed by atoms with Gasteiger partial charge in [-0.05, 0) is 37.8 Å². The first-order valence-corrected chi connectivity index (χ1v) is 10.6. The first-order chi connectivity index (χ1) is 14.6. The van der Waals surface area contributed by atoms with Crippen LogP contribution in [0.3, 0.4) is 0 Å². The van der Waals surface area contributed by atoms with Crippen LogP contribution in [0.4, 0.5) is 4.79 Å². The lowest BCUT2D eigenvalue weighted by atomic mass is 9.98. The van der Waals surface area contributed by atoms with Gasteiger partial charge in [-0.25, -0.2) is 4.79 Å². The Morgan fingerprint density at radius 3 is 2.30 bits per heavy atom. The van der Waals surface area contributed by atoms with Gasteiger partial charge in [-0.2, -0.15) is 0 Å². The number of hydrogen-bond acceptors (Lipinski definition) is 4. The van der Waals surface area contributed by atoms with E-state index in [4.69, 9.17) is 4.74 Å². The molecule has 6 heteroatoms. The van der Waals surface area contributed by atoms with E-state index in [9.17, 15) is 9.59 Å². The molecule has 1 atom stereocenters. The number of hydrogen-bond donors (Lipinski definition) is 2. The van der Waals surface area contributed by atoms with Crippen molar-refractivity contribution in [3.8, 4) is 0 Å². The fraction of sp³-hybridized carbons (Fsp3) is 0.417. The van der Waals surface area contributed by atoms with Gasteiger partial charge in [0.1, 0.15) is 0 Å². The van der Waals surface area contributed by atoms with Crippen molar-refractivity contribution in [2.75, 3.05) is 26.2 Å². The number of piperidine rings is 1. The Morgan fingerprint density at radius 2 is 1.67 bits per heavy atom. The van der Waals surface area contributed by atoms with E-state index < -0.39 is 0 Å². The van der Waals surface area contributed by atoms with E-state index in [1.54, 1.807) is 11.8 Å². The van der Waals surface area contributed by atoms with Gasteiger partial charge < -0.3 is 15.0 Å². The SMILES string of the molecule is CCOC(=O)N1CCC(NC(=O)CNC(c2ccccc2)c2ccc(C)cc2)CC1. The van der Waals surface area contributed by atoms with Crippen molar-refractivity contribution in [1.29, 1.82) is 0 Å². The van der Waals surface area contributed by atoms with Crippen LogP contribution in [0.25, 0.3) is 0 Å². The summed E-state index contributed by atoms with van der Waals surface area (Å²) in [7, 11) is 0. The second-order valence-corrected chi connectivity index (χ2v) is 7.66. The molecule has 160 valence electrons. The minimum absolute atomic E-state index is 0.0300. The number of amides is 2. The van der Waals surface area contributed by atoms with Crippen LogP contribution in [0, 0.1) is 6.92 Å². The van der Waals surface area contributed by atoms with Gasteiger partial charge in [0, 0.05) is 19.1 Å². The maximum absolute atomic E-state index is 12.6. The highest BCUT2D eigenvalue weighted by molar-refractivity contribution is 5.78. The van der Waals surface area contributed by atoms with Crippen LogP contribution in [0.15, 0.2) is 54.6 Å². The van der Waals surface area contributed by atoms with Gasteiger partial charge in [0.15, 0.2) is 0 Å². The number of nitrogens with zero attached hydrogens (tertiary/aromatic N) is 1. The van der Waals surface area contributed by atoms with Crippen molar-refractivity contribution in [2.24, 2.45) is 0 Å². The lowest BCUT2D eigenvalue weighted by Gasteiger charge is -2.31. The number of ether oxygens (including phenoxy) is 1. The van der Waals surface area contributed by atoms with Crippen molar-refractivity contribution in [1.82, 2.24) is 15.5 Å². The van der Waals surface area contributed by atoms with Crippen molar-refractivity contribution < 1.29 is 14.3 Å². The van der Waals surface area contributed by atoms with Crippen LogP contribution in [-0.2, 0) is 9.53 Å². The molecule has 6 nitrogen and oxygen atoms in total. The van der Waals surface area contributed by atoms with Gasteiger partial charge in [0.25, 0.3) is 0 Å². The molecule has 0 bridgehead atoms. The molecule has 1 heterocycles. The third kappa shape index (κ3) is 6.07. The van der Waals surface area contributed by atoms with Crippen LogP contribution in [0.2, 0.25) is 0 Å². The molecule has 0 saturated carbocycles. The fourth-order valence-corrected chi connectivity index (χ4v) is 3.73. The number of carbonyl (C=O) groups is 2. The summed E-state index contributed by atoms with van der Waals surface area (Å²) in [5.74, 6) is -0.0300. The summed E-state index contributed by atoms with van der Waals surface area (Å²) in [6.45, 7) is 5.68. The van der Waals surface area contributed by atoms with Gasteiger partial charge >= 0.3 is 6.09 Å². The van der Waals surface area contributed by atoms with Crippen LogP contribution in [0.1, 0.15) is 42.5 Å². The number of carbonyl (C=O) groups excluding carboxylic acids is 2. The Balaban J connectivity index is 1.54. The van der Waals surface area contributed by atoms with E-state index in [-0.39, 0.29) is 30.6 Å². The first-order valence-electron chi connectivity index (χ1n) is 10.6. The van der Waals surface area contributed by atoms with Crippen LogP contribution < -0.4 is 10.6 Å². The van der Waals surface area contributed by atoms with E-state index in [1.165, 1.54) is 5.56 Å². The third-order valence-electron chi connectivity index (χ3n) is 5.40. The number of benzene rings is 2. The smallest absolute Gasteiger partial charge is 0.409 e. The predicted molar refractivity (Wildman–Crippen MR) is 117 cm³/mol. The topological polar surface area (TPSA) is 70.7 Å². The molecule has 30 heavy (non-hydrogen) atoms. The zero-order chi connectivity index (χ0) is 21.3. The Morgan fingerprint density at radius 1 is 1.03 bits per heavy atom. The molecule has 1 fully saturated rings. The predicted octanol–water partition coefficient (Wildman–Crippen LogP) is 3.41. The summed E-state index contributed by atoms with van der Waals surface area (Å²) in [5, 5.41) is 6.51. The molecule has 1 aliphatic rings. The minimum atomic E-state index is -0.271. The second-order valence-electron chi connectivity index (χ2n) is 7.66. The minimum Gasteiger partial charge on any atom is -0.450 e. The quantitative estimate of drug-likeness (QED) is 0.735. The van der Waals surface area contributed by atoms with Crippen molar-refractivity contribution in [2.45, 2.75) is 38.8 Å². The van der Waals surface area contributed by atoms with Gasteiger partial charge in [-0.3, -0.25) is 10.1 Å². The summed E-state index contributed by atoms with van der Waals surface area (Å²) < 4.78 is 5.04. The second kappa shape index (κ2) is 10.8. The lowest BCUT2D eigenvalue weighted by Crippen LogP contribution is -2.48. The summed E-state index contributed by atoms with van der Waals surface area (Å²) in [6, 6.07) is 18.6. The average molecular weight is 410 g/mol. The molecule has 0 aromatic heterocycles. The molecular weight excluding hydrogens is 378 g/mol. The van der Waals surface area contributed by atoms with E-state index >= 15 is 0 Å². The summed E-state index contributed by atoms with van der Waals surface area (Å²) in [5.41, 5.74) is 3.46. The van der Waals surface area contributed by atoms with Crippen LogP contribution >= 0.6 is 0 Å². The van der Waals surface area contributed by atoms with Gasteiger partial charge in [-0.15, -0.1) is 0 Å². The third-order valence-corrected chi connectivity index (χ3v) is 5.40. The average Bonchev–Trinajstić information content (AvgIpc) is 2.76. The van der Waals surface area contributed by atoms with Gasteiger partial charge in [-0.1, -0.05) is 60.2 Å². The zero-order valence-corrected chi connectivity index (χ0v) is 17.8. The first kappa shape index (κ1) is 21.8. The number of likely N-dealkylation sites (tertiary alicyclic amines) is 1. The Labute approximate surface area is 178 Å². The highest BCUT2D eigenvalue weighted by Crippen LogP contribution is 2.22. The molecule has 2 aromatic rings. The molecule has 2 N–H and O–H groups in total. The highest BCUT2D eigenvalue weighted by atomic mass is 16.6.